The van der Waals surface area contributed by atoms with E-state index in [1.165, 1.54) is 5.56 Å². The van der Waals surface area contributed by atoms with Crippen molar-refractivity contribution in [2.24, 2.45) is 5.92 Å². The summed E-state index contributed by atoms with van der Waals surface area (Å²) in [6.07, 6.45) is 0. The first-order valence-electron chi connectivity index (χ1n) is 6.31. The first-order valence-corrected chi connectivity index (χ1v) is 6.31. The molecule has 0 radical (unpaired) electrons. The number of rotatable bonds is 4. The Labute approximate surface area is 108 Å². The van der Waals surface area contributed by atoms with Crippen LogP contribution in [0.15, 0.2) is 30.3 Å². The van der Waals surface area contributed by atoms with Crippen molar-refractivity contribution in [1.82, 2.24) is 10.2 Å². The minimum absolute atomic E-state index is 0.0196. The molecule has 0 aliphatic carbocycles. The zero-order valence-corrected chi connectivity index (χ0v) is 10.8. The predicted octanol–water partition coefficient (Wildman–Crippen LogP) is 1.18. The first kappa shape index (κ1) is 13.1. The third kappa shape index (κ3) is 2.54. The highest BCUT2D eigenvalue weighted by atomic mass is 16.4. The monoisotopic (exact) mass is 248 g/mol. The summed E-state index contributed by atoms with van der Waals surface area (Å²) in [6.45, 7) is 3.51. The standard InChI is InChI=1S/C14H20N2O2/c1-10-13(15-2)12(14(17)18)9-16(10)8-11-6-4-3-5-7-11/h3-7,10,12-13,15H,8-9H2,1-2H3,(H,17,18). The molecule has 0 aromatic heterocycles. The van der Waals surface area contributed by atoms with Gasteiger partial charge in [-0.1, -0.05) is 30.3 Å². The summed E-state index contributed by atoms with van der Waals surface area (Å²) < 4.78 is 0. The van der Waals surface area contributed by atoms with Gasteiger partial charge in [0.2, 0.25) is 0 Å². The lowest BCUT2D eigenvalue weighted by atomic mass is 10.0. The molecule has 2 N–H and O–H groups in total. The molecule has 4 nitrogen and oxygen atoms in total. The van der Waals surface area contributed by atoms with Gasteiger partial charge in [0.15, 0.2) is 0 Å². The van der Waals surface area contributed by atoms with Crippen LogP contribution >= 0.6 is 0 Å². The summed E-state index contributed by atoms with van der Waals surface area (Å²) in [5.74, 6) is -1.04. The van der Waals surface area contributed by atoms with E-state index in [0.717, 1.165) is 6.54 Å². The van der Waals surface area contributed by atoms with Crippen LogP contribution in [0.25, 0.3) is 0 Å². The minimum Gasteiger partial charge on any atom is -0.481 e. The Morgan fingerprint density at radius 2 is 2.11 bits per heavy atom. The first-order chi connectivity index (χ1) is 8.63. The Hall–Kier alpha value is -1.39. The van der Waals surface area contributed by atoms with E-state index < -0.39 is 5.97 Å². The lowest BCUT2D eigenvalue weighted by Crippen LogP contribution is -2.42. The van der Waals surface area contributed by atoms with Crippen LogP contribution in [0, 0.1) is 5.92 Å². The van der Waals surface area contributed by atoms with Crippen LogP contribution in [-0.4, -0.2) is 41.7 Å². The van der Waals surface area contributed by atoms with Crippen molar-refractivity contribution in [2.75, 3.05) is 13.6 Å². The summed E-state index contributed by atoms with van der Waals surface area (Å²) in [7, 11) is 1.84. The molecule has 1 aliphatic heterocycles. The number of aliphatic carboxylic acids is 1. The highest BCUT2D eigenvalue weighted by molar-refractivity contribution is 5.72. The van der Waals surface area contributed by atoms with Crippen molar-refractivity contribution in [3.05, 3.63) is 35.9 Å². The van der Waals surface area contributed by atoms with Gasteiger partial charge in [0.1, 0.15) is 0 Å². The zero-order valence-electron chi connectivity index (χ0n) is 10.8. The van der Waals surface area contributed by atoms with Crippen LogP contribution in [-0.2, 0) is 11.3 Å². The van der Waals surface area contributed by atoms with Gasteiger partial charge in [-0.3, -0.25) is 9.69 Å². The average molecular weight is 248 g/mol. The van der Waals surface area contributed by atoms with Crippen molar-refractivity contribution < 1.29 is 9.90 Å². The summed E-state index contributed by atoms with van der Waals surface area (Å²) >= 11 is 0. The average Bonchev–Trinajstić information content (AvgIpc) is 2.68. The van der Waals surface area contributed by atoms with Crippen LogP contribution in [0.5, 0.6) is 0 Å². The highest BCUT2D eigenvalue weighted by Crippen LogP contribution is 2.25. The smallest absolute Gasteiger partial charge is 0.309 e. The second kappa shape index (κ2) is 5.50. The summed E-state index contributed by atoms with van der Waals surface area (Å²) in [5.41, 5.74) is 1.23. The maximum atomic E-state index is 11.2. The second-order valence-electron chi connectivity index (χ2n) is 4.91. The third-order valence-corrected chi connectivity index (χ3v) is 3.84. The maximum absolute atomic E-state index is 11.2. The maximum Gasteiger partial charge on any atom is 0.309 e. The van der Waals surface area contributed by atoms with Crippen LogP contribution in [0.3, 0.4) is 0 Å². The summed E-state index contributed by atoms with van der Waals surface area (Å²) in [5, 5.41) is 12.4. The molecule has 2 rings (SSSR count). The highest BCUT2D eigenvalue weighted by Gasteiger charge is 2.41. The number of nitrogens with one attached hydrogen (secondary N) is 1. The number of nitrogens with zero attached hydrogens (tertiary/aromatic N) is 1. The predicted molar refractivity (Wildman–Crippen MR) is 70.3 cm³/mol. The van der Waals surface area contributed by atoms with Gasteiger partial charge in [0.05, 0.1) is 5.92 Å². The Bertz CT molecular complexity index is 408. The van der Waals surface area contributed by atoms with Crippen molar-refractivity contribution in [2.45, 2.75) is 25.6 Å². The number of likely N-dealkylation sites (N-methyl/N-ethyl adjacent to an activating group) is 1. The number of benzene rings is 1. The van der Waals surface area contributed by atoms with Crippen molar-refractivity contribution >= 4 is 5.97 Å². The SMILES string of the molecule is CNC1C(C(=O)O)CN(Cc2ccccc2)C1C. The number of likely N-dealkylation sites (tertiary alicyclic amines) is 1. The van der Waals surface area contributed by atoms with Crippen LogP contribution in [0.1, 0.15) is 12.5 Å². The van der Waals surface area contributed by atoms with Gasteiger partial charge in [-0.2, -0.15) is 0 Å². The fraction of sp³-hybridized carbons (Fsp3) is 0.500. The quantitative estimate of drug-likeness (QED) is 0.840. The number of hydrogen-bond acceptors (Lipinski definition) is 3. The van der Waals surface area contributed by atoms with Gasteiger partial charge >= 0.3 is 5.97 Å². The number of hydrogen-bond donors (Lipinski definition) is 2. The molecule has 4 heteroatoms. The Morgan fingerprint density at radius 1 is 1.44 bits per heavy atom. The fourth-order valence-electron chi connectivity index (χ4n) is 2.80. The number of carboxylic acids is 1. The lowest BCUT2D eigenvalue weighted by Gasteiger charge is -2.24. The zero-order chi connectivity index (χ0) is 13.1. The fourth-order valence-corrected chi connectivity index (χ4v) is 2.80. The van der Waals surface area contributed by atoms with E-state index in [9.17, 15) is 9.90 Å². The molecule has 1 fully saturated rings. The van der Waals surface area contributed by atoms with Crippen LogP contribution in [0.2, 0.25) is 0 Å². The summed E-state index contributed by atoms with van der Waals surface area (Å²) in [4.78, 5) is 13.5. The van der Waals surface area contributed by atoms with Crippen LogP contribution < -0.4 is 5.32 Å². The van der Waals surface area contributed by atoms with E-state index in [1.54, 1.807) is 0 Å². The Kier molecular flexibility index (Phi) is 3.99. The molecule has 0 amide bonds. The van der Waals surface area contributed by atoms with Gasteiger partial charge in [-0.15, -0.1) is 0 Å². The van der Waals surface area contributed by atoms with Crippen molar-refractivity contribution in [1.29, 1.82) is 0 Å². The van der Waals surface area contributed by atoms with E-state index in [1.807, 2.05) is 25.2 Å². The third-order valence-electron chi connectivity index (χ3n) is 3.84. The van der Waals surface area contributed by atoms with Crippen molar-refractivity contribution in [3.63, 3.8) is 0 Å². The largest absolute Gasteiger partial charge is 0.481 e. The van der Waals surface area contributed by atoms with Crippen LogP contribution in [0.4, 0.5) is 0 Å². The normalized spacial score (nSPS) is 28.4. The molecule has 1 aromatic rings. The van der Waals surface area contributed by atoms with Gasteiger partial charge < -0.3 is 10.4 Å². The molecule has 0 bridgehead atoms. The molecular formula is C14H20N2O2. The molecule has 1 saturated heterocycles. The minimum atomic E-state index is -0.711. The topological polar surface area (TPSA) is 52.6 Å². The molecule has 1 aliphatic rings. The second-order valence-corrected chi connectivity index (χ2v) is 4.91. The van der Waals surface area contributed by atoms with E-state index in [4.69, 9.17) is 0 Å². The van der Waals surface area contributed by atoms with E-state index in [0.29, 0.717) is 6.54 Å². The molecule has 3 atom stereocenters. The summed E-state index contributed by atoms with van der Waals surface area (Å²) in [6, 6.07) is 10.4. The lowest BCUT2D eigenvalue weighted by molar-refractivity contribution is -0.141. The van der Waals surface area contributed by atoms with E-state index in [-0.39, 0.29) is 18.0 Å². The molecule has 1 aromatic carbocycles. The molecular weight excluding hydrogens is 228 g/mol. The van der Waals surface area contributed by atoms with Gasteiger partial charge in [0, 0.05) is 25.2 Å². The van der Waals surface area contributed by atoms with E-state index >= 15 is 0 Å². The molecule has 0 spiro atoms. The molecule has 98 valence electrons. The molecule has 3 unspecified atom stereocenters. The van der Waals surface area contributed by atoms with E-state index in [2.05, 4.69) is 29.3 Å². The van der Waals surface area contributed by atoms with Crippen molar-refractivity contribution in [3.8, 4) is 0 Å². The Balaban J connectivity index is 2.09. The number of carboxylic acid groups (broad SMARTS) is 1. The molecule has 18 heavy (non-hydrogen) atoms. The molecule has 1 heterocycles. The van der Waals surface area contributed by atoms with Gasteiger partial charge in [-0.25, -0.2) is 0 Å². The van der Waals surface area contributed by atoms with Gasteiger partial charge in [0.25, 0.3) is 0 Å². The molecule has 0 saturated carbocycles. The van der Waals surface area contributed by atoms with Gasteiger partial charge in [-0.05, 0) is 19.5 Å². The number of carbonyl (C=O) groups is 1. The Morgan fingerprint density at radius 3 is 2.61 bits per heavy atom.